The number of ether oxygens (including phenoxy) is 1. The maximum absolute atomic E-state index is 13.9. The molecule has 2 aliphatic rings. The van der Waals surface area contributed by atoms with Crippen molar-refractivity contribution in [3.05, 3.63) is 92.7 Å². The maximum Gasteiger partial charge on any atom is 0.355 e. The number of amides is 1. The number of nitrogens with zero attached hydrogens (tertiary/aromatic N) is 3. The van der Waals surface area contributed by atoms with Crippen molar-refractivity contribution in [1.82, 2.24) is 14.0 Å². The van der Waals surface area contributed by atoms with Gasteiger partial charge >= 0.3 is 5.97 Å². The van der Waals surface area contributed by atoms with E-state index in [-0.39, 0.29) is 29.9 Å². The third-order valence-corrected chi connectivity index (χ3v) is 7.40. The first-order valence-electron chi connectivity index (χ1n) is 12.3. The van der Waals surface area contributed by atoms with E-state index in [1.165, 1.54) is 0 Å². The summed E-state index contributed by atoms with van der Waals surface area (Å²) in [5.41, 5.74) is 4.53. The molecule has 2 unspecified atom stereocenters. The molecule has 1 saturated heterocycles. The van der Waals surface area contributed by atoms with Crippen LogP contribution in [0.25, 0.3) is 0 Å². The number of fused-ring (bicyclic) bond motifs is 4. The van der Waals surface area contributed by atoms with E-state index < -0.39 is 5.97 Å². The van der Waals surface area contributed by atoms with Crippen LogP contribution in [0.4, 0.5) is 0 Å². The molecule has 4 heterocycles. The Balaban J connectivity index is 1.51. The molecule has 7 heteroatoms. The van der Waals surface area contributed by atoms with E-state index in [9.17, 15) is 14.4 Å². The van der Waals surface area contributed by atoms with E-state index in [4.69, 9.17) is 4.74 Å². The number of piperidine rings is 1. The molecule has 1 aromatic carbocycles. The number of carbonyl (C=O) groups is 2. The predicted molar refractivity (Wildman–Crippen MR) is 133 cm³/mol. The standard InChI is InChI=1S/C28H31N3O4/c1-4-35-28(34)26-18(2)25(19(3)30(26)15-20-9-6-5-7-10-20)27(33)29-14-21-13-22(17-29)23-11-8-12-24(32)31(23)16-21/h5-12,21-22H,4,13-17H2,1-3H3. The molecule has 2 atom stereocenters. The lowest BCUT2D eigenvalue weighted by Crippen LogP contribution is -2.49. The van der Waals surface area contributed by atoms with Crippen molar-refractivity contribution in [3.8, 4) is 0 Å². The van der Waals surface area contributed by atoms with Gasteiger partial charge in [-0.3, -0.25) is 9.59 Å². The third kappa shape index (κ3) is 4.09. The monoisotopic (exact) mass is 473 g/mol. The van der Waals surface area contributed by atoms with Gasteiger partial charge in [-0.2, -0.15) is 0 Å². The number of rotatable bonds is 5. The lowest BCUT2D eigenvalue weighted by atomic mass is 9.83. The van der Waals surface area contributed by atoms with Gasteiger partial charge in [0.05, 0.1) is 12.2 Å². The molecule has 2 aliphatic heterocycles. The van der Waals surface area contributed by atoms with E-state index in [1.807, 2.05) is 64.3 Å². The number of likely N-dealkylation sites (tertiary alicyclic amines) is 1. The lowest BCUT2D eigenvalue weighted by molar-refractivity contribution is 0.0513. The van der Waals surface area contributed by atoms with Crippen molar-refractivity contribution in [2.45, 2.75) is 46.2 Å². The summed E-state index contributed by atoms with van der Waals surface area (Å²) >= 11 is 0. The van der Waals surface area contributed by atoms with Crippen LogP contribution in [0, 0.1) is 19.8 Å². The van der Waals surface area contributed by atoms with Gasteiger partial charge in [0, 0.05) is 49.6 Å². The average Bonchev–Trinajstić information content (AvgIpc) is 3.09. The number of aromatic nitrogens is 2. The first-order valence-corrected chi connectivity index (χ1v) is 12.3. The van der Waals surface area contributed by atoms with E-state index in [0.717, 1.165) is 23.4 Å². The van der Waals surface area contributed by atoms with Crippen LogP contribution in [0.3, 0.4) is 0 Å². The Kier molecular flexibility index (Phi) is 6.09. The Morgan fingerprint density at radius 1 is 1.00 bits per heavy atom. The fraction of sp³-hybridized carbons (Fsp3) is 0.393. The molecule has 35 heavy (non-hydrogen) atoms. The number of pyridine rings is 1. The van der Waals surface area contributed by atoms with Crippen LogP contribution >= 0.6 is 0 Å². The van der Waals surface area contributed by atoms with Crippen LogP contribution in [0.2, 0.25) is 0 Å². The molecular formula is C28H31N3O4. The van der Waals surface area contributed by atoms with Crippen molar-refractivity contribution in [2.24, 2.45) is 5.92 Å². The quantitative estimate of drug-likeness (QED) is 0.529. The summed E-state index contributed by atoms with van der Waals surface area (Å²) in [5, 5.41) is 0. The summed E-state index contributed by atoms with van der Waals surface area (Å²) < 4.78 is 9.15. The number of hydrogen-bond donors (Lipinski definition) is 0. The zero-order chi connectivity index (χ0) is 24.7. The van der Waals surface area contributed by atoms with Gasteiger partial charge in [-0.1, -0.05) is 36.4 Å². The van der Waals surface area contributed by atoms with Crippen LogP contribution in [-0.2, 0) is 17.8 Å². The molecule has 182 valence electrons. The second-order valence-corrected chi connectivity index (χ2v) is 9.63. The Hall–Kier alpha value is -3.61. The largest absolute Gasteiger partial charge is 0.461 e. The Bertz CT molecular complexity index is 1340. The van der Waals surface area contributed by atoms with Crippen molar-refractivity contribution < 1.29 is 14.3 Å². The Morgan fingerprint density at radius 2 is 1.77 bits per heavy atom. The topological polar surface area (TPSA) is 73.5 Å². The van der Waals surface area contributed by atoms with Crippen LogP contribution in [-0.4, -0.2) is 45.6 Å². The van der Waals surface area contributed by atoms with Crippen LogP contribution < -0.4 is 5.56 Å². The summed E-state index contributed by atoms with van der Waals surface area (Å²) in [5.74, 6) is -0.0931. The predicted octanol–water partition coefficient (Wildman–Crippen LogP) is 3.75. The second kappa shape index (κ2) is 9.21. The number of esters is 1. The minimum atomic E-state index is -0.410. The summed E-state index contributed by atoms with van der Waals surface area (Å²) in [6, 6.07) is 15.3. The van der Waals surface area contributed by atoms with Gasteiger partial charge < -0.3 is 18.8 Å². The van der Waals surface area contributed by atoms with Crippen molar-refractivity contribution in [1.29, 1.82) is 0 Å². The lowest BCUT2D eigenvalue weighted by Gasteiger charge is -2.42. The molecule has 3 aromatic rings. The average molecular weight is 474 g/mol. The number of carbonyl (C=O) groups excluding carboxylic acids is 2. The van der Waals surface area contributed by atoms with Gasteiger partial charge in [0.25, 0.3) is 11.5 Å². The molecule has 7 nitrogen and oxygen atoms in total. The fourth-order valence-corrected chi connectivity index (χ4v) is 5.86. The van der Waals surface area contributed by atoms with E-state index in [2.05, 4.69) is 0 Å². The van der Waals surface area contributed by atoms with Gasteiger partial charge in [-0.25, -0.2) is 4.79 Å². The minimum Gasteiger partial charge on any atom is -0.461 e. The summed E-state index contributed by atoms with van der Waals surface area (Å²) in [7, 11) is 0. The Labute approximate surface area is 204 Å². The first-order chi connectivity index (χ1) is 16.9. The molecule has 1 fully saturated rings. The number of benzene rings is 1. The maximum atomic E-state index is 13.9. The molecular weight excluding hydrogens is 442 g/mol. The minimum absolute atomic E-state index is 0.0285. The molecule has 0 radical (unpaired) electrons. The molecule has 0 spiro atoms. The third-order valence-electron chi connectivity index (χ3n) is 7.40. The van der Waals surface area contributed by atoms with Crippen LogP contribution in [0.1, 0.15) is 62.6 Å². The highest BCUT2D eigenvalue weighted by Gasteiger charge is 2.38. The van der Waals surface area contributed by atoms with E-state index in [0.29, 0.717) is 43.0 Å². The van der Waals surface area contributed by atoms with E-state index >= 15 is 0 Å². The van der Waals surface area contributed by atoms with Gasteiger partial charge in [0.15, 0.2) is 0 Å². The molecule has 0 N–H and O–H groups in total. The highest BCUT2D eigenvalue weighted by molar-refractivity contribution is 6.01. The summed E-state index contributed by atoms with van der Waals surface area (Å²) in [4.78, 5) is 41.2. The normalized spacial score (nSPS) is 18.8. The van der Waals surface area contributed by atoms with Gasteiger partial charge in [-0.15, -0.1) is 0 Å². The van der Waals surface area contributed by atoms with Crippen molar-refractivity contribution in [3.63, 3.8) is 0 Å². The molecule has 1 amide bonds. The van der Waals surface area contributed by atoms with Gasteiger partial charge in [0.2, 0.25) is 0 Å². The molecule has 2 aromatic heterocycles. The summed E-state index contributed by atoms with van der Waals surface area (Å²) in [6.45, 7) is 8.09. The van der Waals surface area contributed by atoms with Crippen LogP contribution in [0.5, 0.6) is 0 Å². The molecule has 5 rings (SSSR count). The van der Waals surface area contributed by atoms with E-state index in [1.54, 1.807) is 19.1 Å². The first kappa shape index (κ1) is 23.1. The van der Waals surface area contributed by atoms with Gasteiger partial charge in [0.1, 0.15) is 5.69 Å². The van der Waals surface area contributed by atoms with Crippen LogP contribution in [0.15, 0.2) is 53.3 Å². The Morgan fingerprint density at radius 3 is 2.51 bits per heavy atom. The highest BCUT2D eigenvalue weighted by atomic mass is 16.5. The smallest absolute Gasteiger partial charge is 0.355 e. The number of hydrogen-bond acceptors (Lipinski definition) is 4. The molecule has 2 bridgehead atoms. The van der Waals surface area contributed by atoms with Crippen molar-refractivity contribution in [2.75, 3.05) is 19.7 Å². The van der Waals surface area contributed by atoms with Gasteiger partial charge in [-0.05, 0) is 50.3 Å². The SMILES string of the molecule is CCOC(=O)c1c(C)c(C(=O)N2CC3CC(C2)c2cccc(=O)n2C3)c(C)n1Cc1ccccc1. The zero-order valence-electron chi connectivity index (χ0n) is 20.5. The van der Waals surface area contributed by atoms with Crippen molar-refractivity contribution >= 4 is 11.9 Å². The second-order valence-electron chi connectivity index (χ2n) is 9.63. The fourth-order valence-electron chi connectivity index (χ4n) is 5.86. The molecule has 0 aliphatic carbocycles. The zero-order valence-corrected chi connectivity index (χ0v) is 20.5. The highest BCUT2D eigenvalue weighted by Crippen LogP contribution is 2.36. The molecule has 0 saturated carbocycles. The summed E-state index contributed by atoms with van der Waals surface area (Å²) in [6.07, 6.45) is 0.980.